The highest BCUT2D eigenvalue weighted by Gasteiger charge is 2.19. The van der Waals surface area contributed by atoms with Crippen LogP contribution in [0.25, 0.3) is 5.78 Å². The zero-order chi connectivity index (χ0) is 17.3. The molecule has 6 nitrogen and oxygen atoms in total. The number of aryl methyl sites for hydroxylation is 1. The number of nitrogens with zero attached hydrogens (tertiary/aromatic N) is 4. The number of benzene rings is 1. The number of hydrogen-bond acceptors (Lipinski definition) is 4. The summed E-state index contributed by atoms with van der Waals surface area (Å²) in [5.41, 5.74) is 2.07. The molecule has 0 radical (unpaired) electrons. The van der Waals surface area contributed by atoms with Crippen LogP contribution in [0.2, 0.25) is 0 Å². The molecular formula is C18H20N4O2. The molecule has 0 unspecified atom stereocenters. The van der Waals surface area contributed by atoms with E-state index in [0.717, 1.165) is 12.0 Å². The first-order valence-electron chi connectivity index (χ1n) is 8.06. The van der Waals surface area contributed by atoms with Gasteiger partial charge < -0.3 is 4.57 Å². The Hall–Kier alpha value is -2.76. The quantitative estimate of drug-likeness (QED) is 0.676. The lowest BCUT2D eigenvalue weighted by Crippen LogP contribution is -2.28. The fraction of sp³-hybridized carbons (Fsp3) is 0.333. The van der Waals surface area contributed by atoms with Crippen molar-refractivity contribution < 1.29 is 4.79 Å². The van der Waals surface area contributed by atoms with Crippen LogP contribution in [0.15, 0.2) is 41.6 Å². The van der Waals surface area contributed by atoms with E-state index < -0.39 is 5.56 Å². The third-order valence-corrected chi connectivity index (χ3v) is 4.07. The SMILES string of the molecule is CCc1ccc(Cn2cc(C(=O)C(C)C)c(=O)n3ncnc23)cc1. The lowest BCUT2D eigenvalue weighted by atomic mass is 10.0. The van der Waals surface area contributed by atoms with Crippen LogP contribution in [0.1, 0.15) is 42.3 Å². The van der Waals surface area contributed by atoms with Crippen LogP contribution >= 0.6 is 0 Å². The number of fused-ring (bicyclic) bond motifs is 1. The van der Waals surface area contributed by atoms with Crippen LogP contribution < -0.4 is 5.56 Å². The van der Waals surface area contributed by atoms with Crippen LogP contribution in [0.5, 0.6) is 0 Å². The first kappa shape index (κ1) is 16.1. The van der Waals surface area contributed by atoms with Gasteiger partial charge in [0, 0.05) is 12.1 Å². The molecule has 1 aromatic carbocycles. The third-order valence-electron chi connectivity index (χ3n) is 4.07. The van der Waals surface area contributed by atoms with Crippen molar-refractivity contribution in [1.82, 2.24) is 19.2 Å². The highest BCUT2D eigenvalue weighted by molar-refractivity contribution is 5.96. The molecule has 0 aliphatic heterocycles. The second-order valence-corrected chi connectivity index (χ2v) is 6.14. The predicted molar refractivity (Wildman–Crippen MR) is 91.3 cm³/mol. The van der Waals surface area contributed by atoms with E-state index in [1.165, 1.54) is 16.4 Å². The van der Waals surface area contributed by atoms with Crippen LogP contribution in [0, 0.1) is 5.92 Å². The molecule has 124 valence electrons. The summed E-state index contributed by atoms with van der Waals surface area (Å²) >= 11 is 0. The number of ketones is 1. The summed E-state index contributed by atoms with van der Waals surface area (Å²) in [6.07, 6.45) is 3.92. The molecule has 0 spiro atoms. The molecule has 0 saturated carbocycles. The van der Waals surface area contributed by atoms with E-state index in [9.17, 15) is 9.59 Å². The zero-order valence-corrected chi connectivity index (χ0v) is 14.1. The fourth-order valence-electron chi connectivity index (χ4n) is 2.63. The second kappa shape index (κ2) is 6.39. The fourth-order valence-corrected chi connectivity index (χ4v) is 2.63. The molecule has 3 rings (SSSR count). The maximum Gasteiger partial charge on any atom is 0.286 e. The molecule has 2 heterocycles. The van der Waals surface area contributed by atoms with Gasteiger partial charge in [-0.25, -0.2) is 0 Å². The van der Waals surface area contributed by atoms with Crippen molar-refractivity contribution in [2.75, 3.05) is 0 Å². The van der Waals surface area contributed by atoms with Crippen LogP contribution in [0.4, 0.5) is 0 Å². The lowest BCUT2D eigenvalue weighted by molar-refractivity contribution is 0.0936. The predicted octanol–water partition coefficient (Wildman–Crippen LogP) is 2.34. The number of aromatic nitrogens is 4. The Bertz CT molecular complexity index is 936. The van der Waals surface area contributed by atoms with Crippen molar-refractivity contribution in [3.05, 3.63) is 63.8 Å². The summed E-state index contributed by atoms with van der Waals surface area (Å²) in [6.45, 7) is 6.19. The standard InChI is InChI=1S/C18H20N4O2/c1-4-13-5-7-14(8-6-13)9-21-10-15(16(23)12(2)3)17(24)22-18(21)19-11-20-22/h5-8,10-12H,4,9H2,1-3H3. The van der Waals surface area contributed by atoms with Crippen molar-refractivity contribution in [3.8, 4) is 0 Å². The van der Waals surface area contributed by atoms with Gasteiger partial charge in [-0.1, -0.05) is 45.0 Å². The molecule has 0 bridgehead atoms. The highest BCUT2D eigenvalue weighted by Crippen LogP contribution is 2.11. The maximum absolute atomic E-state index is 12.4. The van der Waals surface area contributed by atoms with E-state index in [4.69, 9.17) is 0 Å². The first-order chi connectivity index (χ1) is 11.5. The van der Waals surface area contributed by atoms with Crippen molar-refractivity contribution in [1.29, 1.82) is 0 Å². The van der Waals surface area contributed by atoms with Crippen molar-refractivity contribution in [2.45, 2.75) is 33.7 Å². The average molecular weight is 324 g/mol. The minimum Gasteiger partial charge on any atom is -0.312 e. The van der Waals surface area contributed by atoms with Gasteiger partial charge in [-0.3, -0.25) is 9.59 Å². The zero-order valence-electron chi connectivity index (χ0n) is 14.1. The molecule has 0 saturated heterocycles. The van der Waals surface area contributed by atoms with Gasteiger partial charge in [0.15, 0.2) is 5.78 Å². The van der Waals surface area contributed by atoms with Crippen LogP contribution in [-0.2, 0) is 13.0 Å². The monoisotopic (exact) mass is 324 g/mol. The highest BCUT2D eigenvalue weighted by atomic mass is 16.1. The van der Waals surface area contributed by atoms with Crippen molar-refractivity contribution in [3.63, 3.8) is 0 Å². The van der Waals surface area contributed by atoms with E-state index in [-0.39, 0.29) is 17.3 Å². The first-order valence-corrected chi connectivity index (χ1v) is 8.06. The summed E-state index contributed by atoms with van der Waals surface area (Å²) in [5.74, 6) is -0.0108. The number of carbonyl (C=O) groups excluding carboxylic acids is 1. The van der Waals surface area contributed by atoms with Crippen LogP contribution in [0.3, 0.4) is 0 Å². The maximum atomic E-state index is 12.4. The van der Waals surface area contributed by atoms with Gasteiger partial charge in [-0.05, 0) is 17.5 Å². The van der Waals surface area contributed by atoms with E-state index >= 15 is 0 Å². The molecule has 0 fully saturated rings. The summed E-state index contributed by atoms with van der Waals surface area (Å²) < 4.78 is 2.99. The Morgan fingerprint density at radius 2 is 1.83 bits per heavy atom. The van der Waals surface area contributed by atoms with E-state index in [0.29, 0.717) is 12.3 Å². The molecule has 24 heavy (non-hydrogen) atoms. The minimum atomic E-state index is -0.418. The molecule has 0 N–H and O–H groups in total. The topological polar surface area (TPSA) is 69.3 Å². The molecular weight excluding hydrogens is 304 g/mol. The second-order valence-electron chi connectivity index (χ2n) is 6.14. The minimum absolute atomic E-state index is 0.146. The Morgan fingerprint density at radius 3 is 2.46 bits per heavy atom. The van der Waals surface area contributed by atoms with Crippen molar-refractivity contribution >= 4 is 11.6 Å². The van der Waals surface area contributed by atoms with Gasteiger partial charge in [0.2, 0.25) is 5.78 Å². The molecule has 3 aromatic rings. The van der Waals surface area contributed by atoms with Gasteiger partial charge in [-0.15, -0.1) is 0 Å². The Labute approximate surface area is 139 Å². The average Bonchev–Trinajstić information content (AvgIpc) is 3.08. The lowest BCUT2D eigenvalue weighted by Gasteiger charge is -2.11. The van der Waals surface area contributed by atoms with Gasteiger partial charge in [-0.2, -0.15) is 14.6 Å². The number of Topliss-reactive ketones (excluding diaryl/α,β-unsaturated/α-hetero) is 1. The van der Waals surface area contributed by atoms with Gasteiger partial charge in [0.05, 0.1) is 6.54 Å². The Kier molecular flexibility index (Phi) is 4.29. The van der Waals surface area contributed by atoms with Gasteiger partial charge >= 0.3 is 0 Å². The Morgan fingerprint density at radius 1 is 1.17 bits per heavy atom. The van der Waals surface area contributed by atoms with Crippen LogP contribution in [-0.4, -0.2) is 24.9 Å². The number of rotatable bonds is 5. The summed E-state index contributed by atoms with van der Waals surface area (Å²) in [4.78, 5) is 29.0. The number of hydrogen-bond donors (Lipinski definition) is 0. The van der Waals surface area contributed by atoms with Crippen molar-refractivity contribution in [2.24, 2.45) is 5.92 Å². The summed E-state index contributed by atoms with van der Waals surface area (Å²) in [5, 5.41) is 3.97. The number of carbonyl (C=O) groups is 1. The summed E-state index contributed by atoms with van der Waals surface area (Å²) in [6, 6.07) is 8.26. The van der Waals surface area contributed by atoms with E-state index in [1.54, 1.807) is 24.6 Å². The van der Waals surface area contributed by atoms with E-state index in [2.05, 4.69) is 29.1 Å². The molecule has 0 aliphatic carbocycles. The molecule has 0 atom stereocenters. The molecule has 6 heteroatoms. The molecule has 0 aliphatic rings. The summed E-state index contributed by atoms with van der Waals surface area (Å²) in [7, 11) is 0. The third kappa shape index (κ3) is 2.87. The largest absolute Gasteiger partial charge is 0.312 e. The van der Waals surface area contributed by atoms with Gasteiger partial charge in [0.1, 0.15) is 11.9 Å². The Balaban J connectivity index is 2.09. The smallest absolute Gasteiger partial charge is 0.286 e. The normalized spacial score (nSPS) is 11.3. The molecule has 0 amide bonds. The van der Waals surface area contributed by atoms with Gasteiger partial charge in [0.25, 0.3) is 5.56 Å². The van der Waals surface area contributed by atoms with E-state index in [1.807, 2.05) is 12.1 Å². The molecule has 2 aromatic heterocycles.